The molecule has 3 aliphatic rings. The average molecular weight is 277 g/mol. The summed E-state index contributed by atoms with van der Waals surface area (Å²) in [7, 11) is 0. The van der Waals surface area contributed by atoms with Crippen LogP contribution in [0.5, 0.6) is 0 Å². The van der Waals surface area contributed by atoms with Gasteiger partial charge >= 0.3 is 0 Å². The Bertz CT molecular complexity index is 383. The van der Waals surface area contributed by atoms with Crippen LogP contribution in [0, 0.1) is 22.7 Å². The molecule has 1 saturated heterocycles. The van der Waals surface area contributed by atoms with Gasteiger partial charge in [0.1, 0.15) is 0 Å². The summed E-state index contributed by atoms with van der Waals surface area (Å²) in [5.41, 5.74) is 0.757. The molecule has 0 aromatic carbocycles. The third-order valence-electron chi connectivity index (χ3n) is 7.14. The van der Waals surface area contributed by atoms with Crippen LogP contribution in [-0.4, -0.2) is 23.9 Å². The minimum atomic E-state index is 0.345. The molecular formula is C18H31NO. The van der Waals surface area contributed by atoms with Gasteiger partial charge in [-0.15, -0.1) is 0 Å². The van der Waals surface area contributed by atoms with Crippen molar-refractivity contribution < 1.29 is 4.79 Å². The van der Waals surface area contributed by atoms with Crippen molar-refractivity contribution in [3.05, 3.63) is 0 Å². The maximum atomic E-state index is 12.7. The zero-order valence-corrected chi connectivity index (χ0v) is 13.6. The zero-order chi connectivity index (χ0) is 14.4. The lowest BCUT2D eigenvalue weighted by atomic mass is 9.63. The van der Waals surface area contributed by atoms with Gasteiger partial charge in [-0.05, 0) is 48.3 Å². The van der Waals surface area contributed by atoms with E-state index in [0.717, 1.165) is 25.4 Å². The molecule has 0 aromatic rings. The Morgan fingerprint density at radius 3 is 2.45 bits per heavy atom. The molecule has 0 spiro atoms. The zero-order valence-electron chi connectivity index (χ0n) is 13.6. The molecule has 3 rings (SSSR count). The first-order valence-corrected chi connectivity index (χ1v) is 8.70. The van der Waals surface area contributed by atoms with Gasteiger partial charge < -0.3 is 4.90 Å². The van der Waals surface area contributed by atoms with E-state index in [9.17, 15) is 4.79 Å². The van der Waals surface area contributed by atoms with E-state index in [0.29, 0.717) is 22.7 Å². The van der Waals surface area contributed by atoms with Crippen LogP contribution in [0.1, 0.15) is 72.1 Å². The topological polar surface area (TPSA) is 20.3 Å². The number of piperidine rings is 1. The van der Waals surface area contributed by atoms with Gasteiger partial charge in [-0.25, -0.2) is 0 Å². The molecule has 2 saturated carbocycles. The summed E-state index contributed by atoms with van der Waals surface area (Å²) in [5.74, 6) is 1.85. The Kier molecular flexibility index (Phi) is 3.63. The second-order valence-corrected chi connectivity index (χ2v) is 8.50. The van der Waals surface area contributed by atoms with E-state index < -0.39 is 0 Å². The summed E-state index contributed by atoms with van der Waals surface area (Å²) < 4.78 is 0. The first-order chi connectivity index (χ1) is 9.42. The van der Waals surface area contributed by atoms with Crippen molar-refractivity contribution in [3.63, 3.8) is 0 Å². The highest BCUT2D eigenvalue weighted by Crippen LogP contribution is 2.59. The Hall–Kier alpha value is -0.530. The van der Waals surface area contributed by atoms with Crippen molar-refractivity contribution in [1.82, 2.24) is 4.90 Å². The molecule has 2 bridgehead atoms. The van der Waals surface area contributed by atoms with Crippen molar-refractivity contribution in [2.75, 3.05) is 13.1 Å². The summed E-state index contributed by atoms with van der Waals surface area (Å²) in [4.78, 5) is 14.9. The van der Waals surface area contributed by atoms with Gasteiger partial charge in [-0.3, -0.25) is 4.79 Å². The van der Waals surface area contributed by atoms with E-state index in [1.807, 2.05) is 0 Å². The number of rotatable bonds is 2. The maximum Gasteiger partial charge on any atom is 0.222 e. The first kappa shape index (κ1) is 14.4. The number of carbonyl (C=O) groups is 1. The van der Waals surface area contributed by atoms with Gasteiger partial charge in [-0.2, -0.15) is 0 Å². The molecule has 0 N–H and O–H groups in total. The van der Waals surface area contributed by atoms with E-state index in [1.165, 1.54) is 44.9 Å². The molecule has 20 heavy (non-hydrogen) atoms. The number of hydrogen-bond acceptors (Lipinski definition) is 1. The SMILES string of the molecule is CC12CCC(CN(C(=O)CC3CCCCC3)C1)C2(C)C. The lowest BCUT2D eigenvalue weighted by Gasteiger charge is -2.50. The molecule has 1 aliphatic heterocycles. The van der Waals surface area contributed by atoms with E-state index in [2.05, 4.69) is 25.7 Å². The van der Waals surface area contributed by atoms with Crippen molar-refractivity contribution in [3.8, 4) is 0 Å². The summed E-state index contributed by atoms with van der Waals surface area (Å²) >= 11 is 0. The Balaban J connectivity index is 1.63. The van der Waals surface area contributed by atoms with Crippen LogP contribution in [0.3, 0.4) is 0 Å². The minimum Gasteiger partial charge on any atom is -0.342 e. The largest absolute Gasteiger partial charge is 0.342 e. The lowest BCUT2D eigenvalue weighted by Crippen LogP contribution is -2.54. The van der Waals surface area contributed by atoms with Crippen LogP contribution in [0.15, 0.2) is 0 Å². The third kappa shape index (κ3) is 2.29. The van der Waals surface area contributed by atoms with Crippen LogP contribution in [-0.2, 0) is 4.79 Å². The smallest absolute Gasteiger partial charge is 0.222 e. The highest BCUT2D eigenvalue weighted by atomic mass is 16.2. The highest BCUT2D eigenvalue weighted by molar-refractivity contribution is 5.76. The van der Waals surface area contributed by atoms with Crippen LogP contribution in [0.25, 0.3) is 0 Å². The van der Waals surface area contributed by atoms with Crippen LogP contribution in [0.4, 0.5) is 0 Å². The van der Waals surface area contributed by atoms with Gasteiger partial charge in [0.2, 0.25) is 5.91 Å². The monoisotopic (exact) mass is 277 g/mol. The lowest BCUT2D eigenvalue weighted by molar-refractivity contribution is -0.140. The predicted octanol–water partition coefficient (Wildman–Crippen LogP) is 4.24. The highest BCUT2D eigenvalue weighted by Gasteiger charge is 2.56. The van der Waals surface area contributed by atoms with E-state index in [1.54, 1.807) is 0 Å². The van der Waals surface area contributed by atoms with E-state index in [-0.39, 0.29) is 0 Å². The standard InChI is InChI=1S/C18H31NO/c1-17(2)15-9-10-18(17,3)13-19(12-15)16(20)11-14-7-5-4-6-8-14/h14-15H,4-13H2,1-3H3. The third-order valence-corrected chi connectivity index (χ3v) is 7.14. The molecule has 0 radical (unpaired) electrons. The number of fused-ring (bicyclic) bond motifs is 2. The van der Waals surface area contributed by atoms with Crippen LogP contribution < -0.4 is 0 Å². The van der Waals surface area contributed by atoms with Crippen LogP contribution in [0.2, 0.25) is 0 Å². The van der Waals surface area contributed by atoms with E-state index >= 15 is 0 Å². The van der Waals surface area contributed by atoms with Gasteiger partial charge in [-0.1, -0.05) is 40.0 Å². The van der Waals surface area contributed by atoms with Crippen molar-refractivity contribution in [2.45, 2.75) is 72.1 Å². The summed E-state index contributed by atoms with van der Waals surface area (Å²) in [5, 5.41) is 0. The minimum absolute atomic E-state index is 0.345. The number of likely N-dealkylation sites (tertiary alicyclic amines) is 1. The number of hydrogen-bond donors (Lipinski definition) is 0. The van der Waals surface area contributed by atoms with Gasteiger partial charge in [0.25, 0.3) is 0 Å². The van der Waals surface area contributed by atoms with Crippen molar-refractivity contribution >= 4 is 5.91 Å². The first-order valence-electron chi connectivity index (χ1n) is 8.70. The number of amides is 1. The van der Waals surface area contributed by atoms with Crippen molar-refractivity contribution in [2.24, 2.45) is 22.7 Å². The van der Waals surface area contributed by atoms with Crippen molar-refractivity contribution in [1.29, 1.82) is 0 Å². The van der Waals surface area contributed by atoms with Gasteiger partial charge in [0, 0.05) is 19.5 Å². The molecule has 1 heterocycles. The fourth-order valence-electron chi connectivity index (χ4n) is 4.98. The molecule has 2 aliphatic carbocycles. The molecule has 2 heteroatoms. The van der Waals surface area contributed by atoms with Gasteiger partial charge in [0.05, 0.1) is 0 Å². The summed E-state index contributed by atoms with van der Waals surface area (Å²) in [6.07, 6.45) is 10.1. The predicted molar refractivity (Wildman–Crippen MR) is 82.4 cm³/mol. The molecular weight excluding hydrogens is 246 g/mol. The normalized spacial score (nSPS) is 37.1. The summed E-state index contributed by atoms with van der Waals surface area (Å²) in [6.45, 7) is 9.28. The molecule has 2 nitrogen and oxygen atoms in total. The second-order valence-electron chi connectivity index (χ2n) is 8.50. The van der Waals surface area contributed by atoms with Gasteiger partial charge in [0.15, 0.2) is 0 Å². The Morgan fingerprint density at radius 1 is 1.10 bits per heavy atom. The molecule has 1 amide bonds. The number of nitrogens with zero attached hydrogens (tertiary/aromatic N) is 1. The molecule has 2 unspecified atom stereocenters. The fourth-order valence-corrected chi connectivity index (χ4v) is 4.98. The summed E-state index contributed by atoms with van der Waals surface area (Å²) in [6, 6.07) is 0. The maximum absolute atomic E-state index is 12.7. The van der Waals surface area contributed by atoms with E-state index in [4.69, 9.17) is 0 Å². The average Bonchev–Trinajstić information content (AvgIpc) is 2.57. The van der Waals surface area contributed by atoms with Crippen LogP contribution >= 0.6 is 0 Å². The Morgan fingerprint density at radius 2 is 1.80 bits per heavy atom. The molecule has 0 aromatic heterocycles. The fraction of sp³-hybridized carbons (Fsp3) is 0.944. The quantitative estimate of drug-likeness (QED) is 0.739. The molecule has 114 valence electrons. The molecule has 3 fully saturated rings. The number of carbonyl (C=O) groups excluding carboxylic acids is 1. The molecule has 2 atom stereocenters. The Labute approximate surface area is 124 Å². The second kappa shape index (κ2) is 5.03.